The Morgan fingerprint density at radius 2 is 1.93 bits per heavy atom. The highest BCUT2D eigenvalue weighted by Gasteiger charge is 2.21. The van der Waals surface area contributed by atoms with E-state index < -0.39 is 0 Å². The van der Waals surface area contributed by atoms with E-state index in [9.17, 15) is 4.79 Å². The second kappa shape index (κ2) is 8.48. The van der Waals surface area contributed by atoms with E-state index in [2.05, 4.69) is 55.1 Å². The summed E-state index contributed by atoms with van der Waals surface area (Å²) in [6.07, 6.45) is 3.42. The van der Waals surface area contributed by atoms with E-state index in [1.807, 2.05) is 19.1 Å². The maximum absolute atomic E-state index is 12.3. The number of aryl methyl sites for hydroxylation is 1. The van der Waals surface area contributed by atoms with Gasteiger partial charge in [-0.25, -0.2) is 0 Å². The van der Waals surface area contributed by atoms with Crippen molar-refractivity contribution in [2.75, 3.05) is 23.3 Å². The molecule has 0 bridgehead atoms. The van der Waals surface area contributed by atoms with Crippen LogP contribution in [-0.4, -0.2) is 33.6 Å². The third kappa shape index (κ3) is 4.54. The third-order valence-corrected chi connectivity index (χ3v) is 5.85. The average molecular weight is 394 g/mol. The number of rotatable bonds is 5. The molecule has 144 valence electrons. The molecule has 0 unspecified atom stereocenters. The van der Waals surface area contributed by atoms with E-state index >= 15 is 0 Å². The van der Waals surface area contributed by atoms with Gasteiger partial charge in [-0.1, -0.05) is 30.3 Å². The van der Waals surface area contributed by atoms with Crippen LogP contribution in [0, 0.1) is 12.8 Å². The number of amides is 1. The molecule has 4 rings (SSSR count). The van der Waals surface area contributed by atoms with Gasteiger partial charge in [-0.05, 0) is 67.4 Å². The lowest BCUT2D eigenvalue weighted by Gasteiger charge is -2.32. The van der Waals surface area contributed by atoms with Crippen molar-refractivity contribution in [3.8, 4) is 0 Å². The van der Waals surface area contributed by atoms with Crippen LogP contribution in [0.5, 0.6) is 0 Å². The molecule has 0 atom stereocenters. The molecule has 2 aromatic heterocycles. The second-order valence-electron chi connectivity index (χ2n) is 7.18. The van der Waals surface area contributed by atoms with Gasteiger partial charge in [0.25, 0.3) is 5.91 Å². The van der Waals surface area contributed by atoms with Gasteiger partial charge in [0.1, 0.15) is 5.00 Å². The first kappa shape index (κ1) is 18.6. The number of hydrogen-bond donors (Lipinski definition) is 1. The molecular weight excluding hydrogens is 370 g/mol. The zero-order chi connectivity index (χ0) is 19.3. The average Bonchev–Trinajstić information content (AvgIpc) is 3.14. The summed E-state index contributed by atoms with van der Waals surface area (Å²) in [4.78, 5) is 14.5. The first-order valence-corrected chi connectivity index (χ1v) is 10.3. The van der Waals surface area contributed by atoms with Crippen molar-refractivity contribution in [1.82, 2.24) is 14.6 Å². The number of hydrogen-bond acceptors (Lipinski definition) is 6. The fraction of sp³-hybridized carbons (Fsp3) is 0.333. The summed E-state index contributed by atoms with van der Waals surface area (Å²) in [7, 11) is 0. The van der Waals surface area contributed by atoms with Crippen molar-refractivity contribution in [3.63, 3.8) is 0 Å². The Morgan fingerprint density at radius 1 is 1.14 bits per heavy atom. The second-order valence-corrected chi connectivity index (χ2v) is 7.99. The maximum atomic E-state index is 12.3. The highest BCUT2D eigenvalue weighted by molar-refractivity contribution is 7.10. The smallest absolute Gasteiger partial charge is 0.276 e. The number of piperidine rings is 1. The number of carbonyl (C=O) groups is 1. The lowest BCUT2D eigenvalue weighted by atomic mass is 9.90. The monoisotopic (exact) mass is 393 g/mol. The minimum atomic E-state index is -0.260. The van der Waals surface area contributed by atoms with Crippen LogP contribution in [0.1, 0.15) is 34.6 Å². The summed E-state index contributed by atoms with van der Waals surface area (Å²) >= 11 is 1.26. The Labute approximate surface area is 168 Å². The predicted octanol–water partition coefficient (Wildman–Crippen LogP) is 3.95. The third-order valence-electron chi connectivity index (χ3n) is 5.05. The molecular formula is C21H23N5OS. The van der Waals surface area contributed by atoms with E-state index in [1.54, 1.807) is 6.07 Å². The molecule has 1 N–H and O–H groups in total. The summed E-state index contributed by atoms with van der Waals surface area (Å²) in [5, 5.41) is 11.9. The summed E-state index contributed by atoms with van der Waals surface area (Å²) in [5.41, 5.74) is 2.61. The molecule has 0 aliphatic carbocycles. The Bertz CT molecular complexity index is 917. The minimum absolute atomic E-state index is 0.260. The topological polar surface area (TPSA) is 71.0 Å². The predicted molar refractivity (Wildman–Crippen MR) is 112 cm³/mol. The van der Waals surface area contributed by atoms with Crippen LogP contribution < -0.4 is 10.2 Å². The molecule has 7 heteroatoms. The number of nitrogens with zero attached hydrogens (tertiary/aromatic N) is 4. The molecule has 3 aromatic rings. The molecule has 28 heavy (non-hydrogen) atoms. The number of nitrogens with one attached hydrogen (secondary N) is 1. The quantitative estimate of drug-likeness (QED) is 0.711. The van der Waals surface area contributed by atoms with Gasteiger partial charge in [-0.2, -0.15) is 4.37 Å². The van der Waals surface area contributed by atoms with E-state index in [0.29, 0.717) is 16.6 Å². The largest absolute Gasteiger partial charge is 0.355 e. The molecule has 1 aliphatic rings. The number of anilines is 2. The number of carbonyl (C=O) groups excluding carboxylic acids is 1. The Morgan fingerprint density at radius 3 is 2.57 bits per heavy atom. The molecule has 0 radical (unpaired) electrons. The highest BCUT2D eigenvalue weighted by Crippen LogP contribution is 2.24. The van der Waals surface area contributed by atoms with Gasteiger partial charge in [-0.3, -0.25) is 4.79 Å². The van der Waals surface area contributed by atoms with Gasteiger partial charge >= 0.3 is 0 Å². The van der Waals surface area contributed by atoms with E-state index in [0.717, 1.165) is 43.9 Å². The van der Waals surface area contributed by atoms with Crippen molar-refractivity contribution >= 4 is 28.3 Å². The molecule has 0 saturated carbocycles. The van der Waals surface area contributed by atoms with Gasteiger partial charge < -0.3 is 10.2 Å². The maximum Gasteiger partial charge on any atom is 0.276 e. The molecule has 1 saturated heterocycles. The summed E-state index contributed by atoms with van der Waals surface area (Å²) in [6, 6.07) is 16.1. The lowest BCUT2D eigenvalue weighted by Crippen LogP contribution is -2.35. The van der Waals surface area contributed by atoms with Gasteiger partial charge in [0.2, 0.25) is 0 Å². The number of benzene rings is 1. The van der Waals surface area contributed by atoms with E-state index in [4.69, 9.17) is 0 Å². The molecule has 1 aliphatic heterocycles. The van der Waals surface area contributed by atoms with Gasteiger partial charge in [0.15, 0.2) is 11.5 Å². The minimum Gasteiger partial charge on any atom is -0.355 e. The van der Waals surface area contributed by atoms with Crippen LogP contribution in [0.4, 0.5) is 10.8 Å². The molecule has 1 aromatic carbocycles. The summed E-state index contributed by atoms with van der Waals surface area (Å²) in [6.45, 7) is 3.83. The van der Waals surface area contributed by atoms with Crippen LogP contribution in [0.2, 0.25) is 0 Å². The van der Waals surface area contributed by atoms with Crippen molar-refractivity contribution in [2.45, 2.75) is 26.2 Å². The first-order chi connectivity index (χ1) is 13.7. The fourth-order valence-corrected chi connectivity index (χ4v) is 4.18. The zero-order valence-corrected chi connectivity index (χ0v) is 16.7. The first-order valence-electron chi connectivity index (χ1n) is 9.54. The summed E-state index contributed by atoms with van der Waals surface area (Å²) in [5.74, 6) is 1.28. The van der Waals surface area contributed by atoms with E-state index in [-0.39, 0.29) is 5.91 Å². The Kier molecular flexibility index (Phi) is 5.62. The van der Waals surface area contributed by atoms with Crippen molar-refractivity contribution in [1.29, 1.82) is 0 Å². The van der Waals surface area contributed by atoms with Crippen LogP contribution in [-0.2, 0) is 6.42 Å². The van der Waals surface area contributed by atoms with Crippen molar-refractivity contribution in [2.24, 2.45) is 5.92 Å². The van der Waals surface area contributed by atoms with Crippen molar-refractivity contribution < 1.29 is 4.79 Å². The molecule has 1 fully saturated rings. The van der Waals surface area contributed by atoms with Gasteiger partial charge in [0.05, 0.1) is 5.69 Å². The van der Waals surface area contributed by atoms with Crippen LogP contribution >= 0.6 is 11.5 Å². The summed E-state index contributed by atoms with van der Waals surface area (Å²) < 4.78 is 4.16. The molecule has 0 spiro atoms. The standard InChI is InChI=1S/C21H23N5OS/c1-15-13-20(28-25-15)22-21(27)18-7-8-19(24-23-18)26-11-9-17(10-12-26)14-16-5-3-2-4-6-16/h2-8,13,17H,9-12,14H2,1H3,(H,22,27). The Hall–Kier alpha value is -2.80. The molecule has 1 amide bonds. The van der Waals surface area contributed by atoms with Gasteiger partial charge in [0, 0.05) is 13.1 Å². The highest BCUT2D eigenvalue weighted by atomic mass is 32.1. The lowest BCUT2D eigenvalue weighted by molar-refractivity contribution is 0.102. The van der Waals surface area contributed by atoms with Crippen molar-refractivity contribution in [3.05, 3.63) is 65.5 Å². The molecule has 3 heterocycles. The van der Waals surface area contributed by atoms with Crippen LogP contribution in [0.25, 0.3) is 0 Å². The fourth-order valence-electron chi connectivity index (χ4n) is 3.53. The Balaban J connectivity index is 1.31. The van der Waals surface area contributed by atoms with E-state index in [1.165, 1.54) is 17.1 Å². The van der Waals surface area contributed by atoms with Crippen LogP contribution in [0.3, 0.4) is 0 Å². The van der Waals surface area contributed by atoms with Gasteiger partial charge in [-0.15, -0.1) is 10.2 Å². The zero-order valence-electron chi connectivity index (χ0n) is 15.8. The molecule has 6 nitrogen and oxygen atoms in total. The normalized spacial score (nSPS) is 14.8. The number of aromatic nitrogens is 3. The SMILES string of the molecule is Cc1cc(NC(=O)c2ccc(N3CCC(Cc4ccccc4)CC3)nn2)sn1. The van der Waals surface area contributed by atoms with Crippen LogP contribution in [0.15, 0.2) is 48.5 Å².